The number of aliphatic hydroxyl groups excluding tert-OH is 1. The zero-order valence-electron chi connectivity index (χ0n) is 8.27. The normalized spacial score (nSPS) is 15.7. The first-order valence-electron chi connectivity index (χ1n) is 4.69. The van der Waals surface area contributed by atoms with Crippen molar-refractivity contribution < 1.29 is 5.11 Å². The maximum Gasteiger partial charge on any atom is 0.0529 e. The molecule has 3 N–H and O–H groups in total. The smallest absolute Gasteiger partial charge is 0.0529 e. The average Bonchev–Trinajstić information content (AvgIpc) is 2.48. The van der Waals surface area contributed by atoms with Gasteiger partial charge < -0.3 is 15.4 Å². The van der Waals surface area contributed by atoms with Crippen LogP contribution in [0.5, 0.6) is 0 Å². The summed E-state index contributed by atoms with van der Waals surface area (Å²) in [5, 5.41) is 9.09. The highest BCUT2D eigenvalue weighted by Gasteiger charge is 2.02. The van der Waals surface area contributed by atoms with Gasteiger partial charge in [0.1, 0.15) is 0 Å². The summed E-state index contributed by atoms with van der Waals surface area (Å²) in [5.74, 6) is 0. The van der Waals surface area contributed by atoms with Crippen LogP contribution in [-0.2, 0) is 6.54 Å². The molecule has 2 unspecified atom stereocenters. The summed E-state index contributed by atoms with van der Waals surface area (Å²) in [6.07, 6.45) is 4.59. The molecule has 0 saturated heterocycles. The Morgan fingerprint density at radius 1 is 1.54 bits per heavy atom. The third kappa shape index (κ3) is 3.20. The van der Waals surface area contributed by atoms with Crippen LogP contribution in [0.3, 0.4) is 0 Å². The fourth-order valence-electron chi connectivity index (χ4n) is 1.20. The number of aryl methyl sites for hydroxylation is 1. The summed E-state index contributed by atoms with van der Waals surface area (Å²) in [6, 6.07) is 2.11. The minimum atomic E-state index is -0.235. The zero-order valence-corrected chi connectivity index (χ0v) is 8.27. The van der Waals surface area contributed by atoms with E-state index in [0.29, 0.717) is 0 Å². The van der Waals surface area contributed by atoms with Gasteiger partial charge in [0.2, 0.25) is 0 Å². The average molecular weight is 182 g/mol. The third-order valence-electron chi connectivity index (χ3n) is 2.10. The predicted octanol–water partition coefficient (Wildman–Crippen LogP) is 1.28. The van der Waals surface area contributed by atoms with Crippen molar-refractivity contribution in [1.82, 2.24) is 4.57 Å². The predicted molar refractivity (Wildman–Crippen MR) is 53.3 cm³/mol. The molecule has 0 aliphatic carbocycles. The van der Waals surface area contributed by atoms with Crippen molar-refractivity contribution in [2.45, 2.75) is 39.0 Å². The van der Waals surface area contributed by atoms with Crippen LogP contribution in [-0.4, -0.2) is 15.8 Å². The Balaban J connectivity index is 2.49. The van der Waals surface area contributed by atoms with E-state index in [1.807, 2.05) is 25.4 Å². The lowest BCUT2D eigenvalue weighted by Crippen LogP contribution is -2.06. The molecule has 1 heterocycles. The topological polar surface area (TPSA) is 51.2 Å². The van der Waals surface area contributed by atoms with E-state index in [4.69, 9.17) is 10.8 Å². The zero-order chi connectivity index (χ0) is 9.84. The van der Waals surface area contributed by atoms with Gasteiger partial charge in [0.05, 0.1) is 6.10 Å². The van der Waals surface area contributed by atoms with E-state index in [1.165, 1.54) is 0 Å². The molecule has 1 aromatic rings. The molecule has 3 nitrogen and oxygen atoms in total. The van der Waals surface area contributed by atoms with Crippen LogP contribution in [0, 0.1) is 0 Å². The maximum atomic E-state index is 9.09. The molecule has 0 aliphatic rings. The van der Waals surface area contributed by atoms with Gasteiger partial charge in [0, 0.05) is 25.0 Å². The van der Waals surface area contributed by atoms with Crippen molar-refractivity contribution in [2.24, 2.45) is 5.73 Å². The molecule has 0 bridgehead atoms. The molecule has 13 heavy (non-hydrogen) atoms. The van der Waals surface area contributed by atoms with Crippen molar-refractivity contribution in [3.05, 3.63) is 24.0 Å². The Hall–Kier alpha value is -0.800. The van der Waals surface area contributed by atoms with Crippen molar-refractivity contribution in [1.29, 1.82) is 0 Å². The van der Waals surface area contributed by atoms with E-state index in [0.717, 1.165) is 18.5 Å². The summed E-state index contributed by atoms with van der Waals surface area (Å²) in [4.78, 5) is 0. The molecule has 1 rings (SSSR count). The number of rotatable bonds is 4. The summed E-state index contributed by atoms with van der Waals surface area (Å²) in [6.45, 7) is 4.62. The first-order valence-corrected chi connectivity index (χ1v) is 4.69. The van der Waals surface area contributed by atoms with E-state index in [9.17, 15) is 0 Å². The van der Waals surface area contributed by atoms with E-state index >= 15 is 0 Å². The lowest BCUT2D eigenvalue weighted by Gasteiger charge is -2.05. The fraction of sp³-hybridized carbons (Fsp3) is 0.600. The second-order valence-electron chi connectivity index (χ2n) is 3.61. The summed E-state index contributed by atoms with van der Waals surface area (Å²) < 4.78 is 2.06. The molecule has 0 aromatic carbocycles. The molecule has 0 aliphatic heterocycles. The summed E-state index contributed by atoms with van der Waals surface area (Å²) in [7, 11) is 0. The lowest BCUT2D eigenvalue weighted by molar-refractivity contribution is 0.178. The number of aliphatic hydroxyl groups is 1. The van der Waals surface area contributed by atoms with Gasteiger partial charge >= 0.3 is 0 Å². The highest BCUT2D eigenvalue weighted by molar-refractivity contribution is 5.13. The number of hydrogen-bond acceptors (Lipinski definition) is 2. The molecule has 3 heteroatoms. The van der Waals surface area contributed by atoms with Crippen LogP contribution >= 0.6 is 0 Å². The Bertz CT molecular complexity index is 253. The standard InChI is InChI=1S/C10H18N2O/c1-8(13)3-5-12-6-4-10(7-12)9(2)11/h4,6-9,13H,3,5,11H2,1-2H3. The van der Waals surface area contributed by atoms with E-state index in [-0.39, 0.29) is 12.1 Å². The molecular weight excluding hydrogens is 164 g/mol. The van der Waals surface area contributed by atoms with E-state index < -0.39 is 0 Å². The monoisotopic (exact) mass is 182 g/mol. The van der Waals surface area contributed by atoms with Crippen molar-refractivity contribution in [3.8, 4) is 0 Å². The molecule has 0 radical (unpaired) electrons. The quantitative estimate of drug-likeness (QED) is 0.737. The largest absolute Gasteiger partial charge is 0.393 e. The number of aromatic nitrogens is 1. The molecule has 74 valence electrons. The molecule has 2 atom stereocenters. The van der Waals surface area contributed by atoms with Gasteiger partial charge in [-0.2, -0.15) is 0 Å². The highest BCUT2D eigenvalue weighted by Crippen LogP contribution is 2.10. The van der Waals surface area contributed by atoms with Crippen molar-refractivity contribution >= 4 is 0 Å². The molecule has 0 saturated carbocycles. The van der Waals surface area contributed by atoms with Gasteiger partial charge in [-0.15, -0.1) is 0 Å². The van der Waals surface area contributed by atoms with Crippen molar-refractivity contribution in [3.63, 3.8) is 0 Å². The highest BCUT2D eigenvalue weighted by atomic mass is 16.3. The molecule has 0 amide bonds. The first kappa shape index (κ1) is 10.3. The fourth-order valence-corrected chi connectivity index (χ4v) is 1.20. The molecule has 0 fully saturated rings. The Morgan fingerprint density at radius 2 is 2.23 bits per heavy atom. The van der Waals surface area contributed by atoms with E-state index in [2.05, 4.69) is 4.57 Å². The molecule has 0 spiro atoms. The van der Waals surface area contributed by atoms with Crippen LogP contribution in [0.1, 0.15) is 31.9 Å². The minimum Gasteiger partial charge on any atom is -0.393 e. The molecule has 1 aromatic heterocycles. The molecular formula is C10H18N2O. The first-order chi connectivity index (χ1) is 6.09. The Morgan fingerprint density at radius 3 is 2.69 bits per heavy atom. The van der Waals surface area contributed by atoms with Gasteiger partial charge in [-0.3, -0.25) is 0 Å². The Labute approximate surface area is 79.2 Å². The third-order valence-corrected chi connectivity index (χ3v) is 2.10. The SMILES string of the molecule is CC(O)CCn1ccc(C(C)N)c1. The van der Waals surface area contributed by atoms with Crippen LogP contribution < -0.4 is 5.73 Å². The minimum absolute atomic E-state index is 0.0906. The van der Waals surface area contributed by atoms with Gasteiger partial charge in [0.15, 0.2) is 0 Å². The second-order valence-corrected chi connectivity index (χ2v) is 3.61. The number of nitrogens with zero attached hydrogens (tertiary/aromatic N) is 1. The number of hydrogen-bond donors (Lipinski definition) is 2. The van der Waals surface area contributed by atoms with Gasteiger partial charge in [0.25, 0.3) is 0 Å². The van der Waals surface area contributed by atoms with Gasteiger partial charge in [-0.05, 0) is 31.9 Å². The summed E-state index contributed by atoms with van der Waals surface area (Å²) in [5.41, 5.74) is 6.86. The van der Waals surface area contributed by atoms with Gasteiger partial charge in [-0.25, -0.2) is 0 Å². The van der Waals surface area contributed by atoms with Crippen molar-refractivity contribution in [2.75, 3.05) is 0 Å². The van der Waals surface area contributed by atoms with Crippen LogP contribution in [0.4, 0.5) is 0 Å². The van der Waals surface area contributed by atoms with Crippen LogP contribution in [0.15, 0.2) is 18.5 Å². The van der Waals surface area contributed by atoms with E-state index in [1.54, 1.807) is 6.92 Å². The maximum absolute atomic E-state index is 9.09. The lowest BCUT2D eigenvalue weighted by atomic mass is 10.2. The second kappa shape index (κ2) is 4.44. The summed E-state index contributed by atoms with van der Waals surface area (Å²) >= 11 is 0. The Kier molecular flexibility index (Phi) is 3.51. The van der Waals surface area contributed by atoms with Gasteiger partial charge in [-0.1, -0.05) is 0 Å². The van der Waals surface area contributed by atoms with Crippen LogP contribution in [0.25, 0.3) is 0 Å². The number of nitrogens with two attached hydrogens (primary N) is 1. The van der Waals surface area contributed by atoms with Crippen LogP contribution in [0.2, 0.25) is 0 Å².